The van der Waals surface area contributed by atoms with E-state index >= 15 is 0 Å². The van der Waals surface area contributed by atoms with E-state index in [1.807, 2.05) is 0 Å². The number of hydrogen-bond donors (Lipinski definition) is 2. The Morgan fingerprint density at radius 1 is 1.10 bits per heavy atom. The number of aromatic nitrogens is 2. The van der Waals surface area contributed by atoms with Crippen LogP contribution in [-0.4, -0.2) is 21.9 Å². The number of carbonyl (C=O) groups excluding carboxylic acids is 2. The minimum atomic E-state index is -0.974. The van der Waals surface area contributed by atoms with E-state index in [-0.39, 0.29) is 0 Å². The van der Waals surface area contributed by atoms with Gasteiger partial charge in [-0.15, -0.1) is 11.3 Å². The number of benzene rings is 2. The number of halogens is 2. The van der Waals surface area contributed by atoms with E-state index in [1.54, 1.807) is 48.8 Å². The molecule has 2 N–H and O–H groups in total. The van der Waals surface area contributed by atoms with Crippen molar-refractivity contribution in [2.45, 2.75) is 6.04 Å². The number of urea groups is 1. The lowest BCUT2D eigenvalue weighted by Crippen LogP contribution is -2.29. The van der Waals surface area contributed by atoms with Crippen molar-refractivity contribution in [3.63, 3.8) is 0 Å². The summed E-state index contributed by atoms with van der Waals surface area (Å²) in [5, 5.41) is 2.31. The van der Waals surface area contributed by atoms with Crippen LogP contribution in [0.3, 0.4) is 0 Å². The minimum Gasteiger partial charge on any atom is -0.345 e. The second-order valence-corrected chi connectivity index (χ2v) is 8.23. The van der Waals surface area contributed by atoms with Crippen molar-refractivity contribution in [2.24, 2.45) is 0 Å². The Morgan fingerprint density at radius 3 is 2.72 bits per heavy atom. The van der Waals surface area contributed by atoms with Gasteiger partial charge in [0, 0.05) is 16.1 Å². The Morgan fingerprint density at radius 2 is 1.97 bits per heavy atom. The van der Waals surface area contributed by atoms with Gasteiger partial charge >= 0.3 is 6.03 Å². The zero-order valence-electron chi connectivity index (χ0n) is 14.6. The highest BCUT2D eigenvalue weighted by molar-refractivity contribution is 7.19. The standard InChI is InChI=1S/C20H12ClFN4O2S/c21-17-6-5-16(29-17)12-3-1-10(7-13(12)22)18-19(27)25-20(28)26(18)11-2-4-14-15(8-11)24-9-23-14/h1-9,18H,(H,23,24)(H,25,27,28). The first-order valence-corrected chi connectivity index (χ1v) is 9.83. The van der Waals surface area contributed by atoms with E-state index in [0.29, 0.717) is 26.0 Å². The first-order valence-electron chi connectivity index (χ1n) is 8.63. The molecule has 1 saturated heterocycles. The van der Waals surface area contributed by atoms with Gasteiger partial charge in [-0.1, -0.05) is 23.7 Å². The number of fused-ring (bicyclic) bond motifs is 1. The van der Waals surface area contributed by atoms with Gasteiger partial charge in [-0.2, -0.15) is 0 Å². The normalized spacial score (nSPS) is 16.6. The minimum absolute atomic E-state index is 0.377. The van der Waals surface area contributed by atoms with Crippen LogP contribution in [0.15, 0.2) is 54.9 Å². The Bertz CT molecular complexity index is 1280. The first kappa shape index (κ1) is 17.8. The van der Waals surface area contributed by atoms with Crippen LogP contribution in [-0.2, 0) is 4.79 Å². The van der Waals surface area contributed by atoms with Crippen molar-refractivity contribution in [3.05, 3.63) is 70.6 Å². The molecule has 1 aliphatic rings. The number of thiophene rings is 1. The summed E-state index contributed by atoms with van der Waals surface area (Å²) < 4.78 is 15.4. The van der Waals surface area contributed by atoms with Crippen molar-refractivity contribution in [2.75, 3.05) is 4.90 Å². The van der Waals surface area contributed by atoms with Gasteiger partial charge in [0.15, 0.2) is 0 Å². The van der Waals surface area contributed by atoms with Gasteiger partial charge in [-0.3, -0.25) is 15.0 Å². The lowest BCUT2D eigenvalue weighted by molar-refractivity contribution is -0.119. The summed E-state index contributed by atoms with van der Waals surface area (Å²) in [4.78, 5) is 34.1. The second kappa shape index (κ2) is 6.68. The molecule has 2 aromatic carbocycles. The smallest absolute Gasteiger partial charge is 0.329 e. The van der Waals surface area contributed by atoms with Gasteiger partial charge in [0.2, 0.25) is 0 Å². The van der Waals surface area contributed by atoms with Crippen LogP contribution in [0.1, 0.15) is 11.6 Å². The molecule has 3 amide bonds. The number of H-pyrrole nitrogens is 1. The molecule has 1 aliphatic heterocycles. The van der Waals surface area contributed by atoms with Crippen molar-refractivity contribution < 1.29 is 14.0 Å². The number of nitrogens with one attached hydrogen (secondary N) is 2. The average molecular weight is 427 g/mol. The predicted octanol–water partition coefficient (Wildman–Crippen LogP) is 4.88. The quantitative estimate of drug-likeness (QED) is 0.458. The molecule has 3 heterocycles. The Labute approximate surface area is 172 Å². The van der Waals surface area contributed by atoms with Gasteiger partial charge in [0.25, 0.3) is 5.91 Å². The van der Waals surface area contributed by atoms with Crippen LogP contribution < -0.4 is 10.2 Å². The van der Waals surface area contributed by atoms with Gasteiger partial charge < -0.3 is 4.98 Å². The molecule has 0 spiro atoms. The van der Waals surface area contributed by atoms with Crippen molar-refractivity contribution in [3.8, 4) is 10.4 Å². The monoisotopic (exact) mass is 426 g/mol. The third kappa shape index (κ3) is 2.97. The van der Waals surface area contributed by atoms with E-state index < -0.39 is 23.8 Å². The highest BCUT2D eigenvalue weighted by Crippen LogP contribution is 2.37. The molecule has 144 valence electrons. The van der Waals surface area contributed by atoms with Crippen LogP contribution in [0.4, 0.5) is 14.9 Å². The Balaban J connectivity index is 1.56. The molecule has 2 aromatic heterocycles. The number of hydrogen-bond acceptors (Lipinski definition) is 4. The fourth-order valence-corrected chi connectivity index (χ4v) is 4.54. The first-order chi connectivity index (χ1) is 14.0. The topological polar surface area (TPSA) is 78.1 Å². The summed E-state index contributed by atoms with van der Waals surface area (Å²) in [6, 6.07) is 11.6. The largest absolute Gasteiger partial charge is 0.345 e. The molecule has 9 heteroatoms. The molecule has 29 heavy (non-hydrogen) atoms. The van der Waals surface area contributed by atoms with Crippen LogP contribution in [0.25, 0.3) is 21.5 Å². The fourth-order valence-electron chi connectivity index (χ4n) is 3.47. The van der Waals surface area contributed by atoms with Crippen molar-refractivity contribution >= 4 is 51.6 Å². The number of imide groups is 1. The van der Waals surface area contributed by atoms with Crippen LogP contribution >= 0.6 is 22.9 Å². The predicted molar refractivity (Wildman–Crippen MR) is 110 cm³/mol. The number of nitrogens with zero attached hydrogens (tertiary/aromatic N) is 2. The number of rotatable bonds is 3. The van der Waals surface area contributed by atoms with E-state index in [9.17, 15) is 14.0 Å². The lowest BCUT2D eigenvalue weighted by atomic mass is 10.0. The molecule has 0 radical (unpaired) electrons. The molecule has 1 atom stereocenters. The third-order valence-corrected chi connectivity index (χ3v) is 6.05. The average Bonchev–Trinajstić information content (AvgIpc) is 3.39. The molecule has 5 rings (SSSR count). The van der Waals surface area contributed by atoms with Crippen molar-refractivity contribution in [1.82, 2.24) is 15.3 Å². The number of anilines is 1. The maximum Gasteiger partial charge on any atom is 0.329 e. The zero-order valence-corrected chi connectivity index (χ0v) is 16.2. The number of amides is 3. The molecule has 0 saturated carbocycles. The third-order valence-electron chi connectivity index (χ3n) is 4.79. The highest BCUT2D eigenvalue weighted by Gasteiger charge is 2.41. The van der Waals surface area contributed by atoms with Gasteiger partial charge in [0.05, 0.1) is 21.7 Å². The highest BCUT2D eigenvalue weighted by atomic mass is 35.5. The number of imidazole rings is 1. The second-order valence-electron chi connectivity index (χ2n) is 6.51. The fraction of sp³-hybridized carbons (Fsp3) is 0.0500. The summed E-state index contributed by atoms with van der Waals surface area (Å²) in [5.74, 6) is -0.997. The number of carbonyl (C=O) groups is 2. The molecule has 0 aliphatic carbocycles. The van der Waals surface area contributed by atoms with Gasteiger partial charge in [-0.05, 0) is 42.0 Å². The Kier molecular flexibility index (Phi) is 4.11. The Hall–Kier alpha value is -3.23. The van der Waals surface area contributed by atoms with Crippen LogP contribution in [0.2, 0.25) is 4.34 Å². The molecule has 1 unspecified atom stereocenters. The van der Waals surface area contributed by atoms with Crippen LogP contribution in [0, 0.1) is 5.82 Å². The molecule has 0 bridgehead atoms. The van der Waals surface area contributed by atoms with E-state index in [1.165, 1.54) is 22.3 Å². The van der Waals surface area contributed by atoms with E-state index in [2.05, 4.69) is 15.3 Å². The van der Waals surface area contributed by atoms with E-state index in [0.717, 1.165) is 11.0 Å². The van der Waals surface area contributed by atoms with Gasteiger partial charge in [0.1, 0.15) is 11.9 Å². The SMILES string of the molecule is O=C1NC(=O)N(c2ccc3nc[nH]c3c2)C1c1ccc(-c2ccc(Cl)s2)c(F)c1. The molecule has 4 aromatic rings. The maximum absolute atomic E-state index is 14.8. The number of aromatic amines is 1. The summed E-state index contributed by atoms with van der Waals surface area (Å²) >= 11 is 7.21. The van der Waals surface area contributed by atoms with Crippen LogP contribution in [0.5, 0.6) is 0 Å². The summed E-state index contributed by atoms with van der Waals surface area (Å²) in [7, 11) is 0. The zero-order chi connectivity index (χ0) is 20.1. The molecular formula is C20H12ClFN4O2S. The molecule has 6 nitrogen and oxygen atoms in total. The lowest BCUT2D eigenvalue weighted by Gasteiger charge is -2.22. The molecular weight excluding hydrogens is 415 g/mol. The van der Waals surface area contributed by atoms with Crippen molar-refractivity contribution in [1.29, 1.82) is 0 Å². The van der Waals surface area contributed by atoms with E-state index in [4.69, 9.17) is 11.6 Å². The molecule has 1 fully saturated rings. The summed E-state index contributed by atoms with van der Waals surface area (Å²) in [5.41, 5.74) is 2.73. The van der Waals surface area contributed by atoms with Gasteiger partial charge in [-0.25, -0.2) is 14.2 Å². The maximum atomic E-state index is 14.8. The summed E-state index contributed by atoms with van der Waals surface area (Å²) in [6.45, 7) is 0. The summed E-state index contributed by atoms with van der Waals surface area (Å²) in [6.07, 6.45) is 1.55.